The third-order valence-electron chi connectivity index (χ3n) is 2.48. The predicted octanol–water partition coefficient (Wildman–Crippen LogP) is 1.84. The normalized spacial score (nSPS) is 11.6. The summed E-state index contributed by atoms with van der Waals surface area (Å²) in [5.74, 6) is 0.237. The molecule has 0 fully saturated rings. The summed E-state index contributed by atoms with van der Waals surface area (Å²) in [5.41, 5.74) is 1.33. The van der Waals surface area contributed by atoms with Crippen LogP contribution >= 0.6 is 0 Å². The minimum Gasteiger partial charge on any atom is -0.508 e. The molecule has 1 aromatic carbocycles. The van der Waals surface area contributed by atoms with Crippen LogP contribution in [0.1, 0.15) is 13.3 Å². The van der Waals surface area contributed by atoms with Crippen molar-refractivity contribution in [2.45, 2.75) is 13.3 Å². The quantitative estimate of drug-likeness (QED) is 0.916. The van der Waals surface area contributed by atoms with Crippen LogP contribution in [0.15, 0.2) is 36.5 Å². The smallest absolute Gasteiger partial charge is 0.253 e. The van der Waals surface area contributed by atoms with Crippen LogP contribution in [-0.4, -0.2) is 28.5 Å². The molecule has 0 aliphatic rings. The summed E-state index contributed by atoms with van der Waals surface area (Å²) in [6, 6.07) is 8.09. The van der Waals surface area contributed by atoms with E-state index in [0.717, 1.165) is 9.65 Å². The van der Waals surface area contributed by atoms with Crippen molar-refractivity contribution >= 4 is 10.0 Å². The number of aromatic hydroxyl groups is 1. The second-order valence-corrected chi connectivity index (χ2v) is 5.88. The van der Waals surface area contributed by atoms with E-state index in [2.05, 4.69) is 5.10 Å². The van der Waals surface area contributed by atoms with Crippen molar-refractivity contribution in [2.75, 3.05) is 5.75 Å². The van der Waals surface area contributed by atoms with Crippen molar-refractivity contribution in [1.82, 2.24) is 9.19 Å². The van der Waals surface area contributed by atoms with E-state index in [0.29, 0.717) is 12.1 Å². The largest absolute Gasteiger partial charge is 0.508 e. The third kappa shape index (κ3) is 2.53. The number of phenolic OH excluding ortho intramolecular Hbond substituents is 1. The van der Waals surface area contributed by atoms with Crippen LogP contribution < -0.4 is 0 Å². The van der Waals surface area contributed by atoms with Crippen LogP contribution in [-0.2, 0) is 10.0 Å². The molecule has 0 aliphatic carbocycles. The molecule has 1 aromatic heterocycles. The highest BCUT2D eigenvalue weighted by atomic mass is 32.2. The summed E-state index contributed by atoms with van der Waals surface area (Å²) in [6.07, 6.45) is 1.99. The molecule has 0 atom stereocenters. The Kier molecular flexibility index (Phi) is 3.38. The van der Waals surface area contributed by atoms with Crippen molar-refractivity contribution in [3.8, 4) is 17.0 Å². The first-order chi connectivity index (χ1) is 8.53. The molecule has 0 aliphatic heterocycles. The Bertz CT molecular complexity index is 630. The van der Waals surface area contributed by atoms with Crippen LogP contribution in [0.4, 0.5) is 0 Å². The van der Waals surface area contributed by atoms with Crippen LogP contribution in [0.25, 0.3) is 11.3 Å². The molecule has 5 nitrogen and oxygen atoms in total. The first-order valence-corrected chi connectivity index (χ1v) is 7.22. The lowest BCUT2D eigenvalue weighted by Gasteiger charge is -2.01. The van der Waals surface area contributed by atoms with Crippen molar-refractivity contribution in [1.29, 1.82) is 0 Å². The predicted molar refractivity (Wildman–Crippen MR) is 68.8 cm³/mol. The van der Waals surface area contributed by atoms with Crippen molar-refractivity contribution in [3.63, 3.8) is 0 Å². The number of hydrogen-bond donors (Lipinski definition) is 1. The molecule has 0 spiro atoms. The van der Waals surface area contributed by atoms with E-state index in [1.165, 1.54) is 18.3 Å². The molecule has 18 heavy (non-hydrogen) atoms. The monoisotopic (exact) mass is 266 g/mol. The van der Waals surface area contributed by atoms with Crippen molar-refractivity contribution in [3.05, 3.63) is 36.5 Å². The zero-order valence-electron chi connectivity index (χ0n) is 9.94. The van der Waals surface area contributed by atoms with Gasteiger partial charge in [0, 0.05) is 11.8 Å². The molecule has 0 saturated carbocycles. The molecule has 96 valence electrons. The maximum Gasteiger partial charge on any atom is 0.253 e. The van der Waals surface area contributed by atoms with E-state index in [9.17, 15) is 13.5 Å². The van der Waals surface area contributed by atoms with E-state index in [4.69, 9.17) is 0 Å². The maximum absolute atomic E-state index is 11.8. The molecule has 2 aromatic rings. The SMILES string of the molecule is CCCS(=O)(=O)n1ccc(-c2ccc(O)cc2)n1. The van der Waals surface area contributed by atoms with Gasteiger partial charge < -0.3 is 5.11 Å². The lowest BCUT2D eigenvalue weighted by atomic mass is 10.1. The summed E-state index contributed by atoms with van der Waals surface area (Å²) in [5, 5.41) is 13.2. The molecule has 0 saturated heterocycles. The second-order valence-electron chi connectivity index (χ2n) is 3.94. The van der Waals surface area contributed by atoms with Gasteiger partial charge in [-0.2, -0.15) is 9.19 Å². The van der Waals surface area contributed by atoms with Gasteiger partial charge in [0.15, 0.2) is 0 Å². The summed E-state index contributed by atoms with van der Waals surface area (Å²) in [4.78, 5) is 0. The molecule has 0 amide bonds. The highest BCUT2D eigenvalue weighted by Crippen LogP contribution is 2.20. The van der Waals surface area contributed by atoms with E-state index in [-0.39, 0.29) is 11.5 Å². The minimum absolute atomic E-state index is 0.0731. The Balaban J connectivity index is 2.34. The molecule has 6 heteroatoms. The Morgan fingerprint density at radius 2 is 1.89 bits per heavy atom. The summed E-state index contributed by atoms with van der Waals surface area (Å²) < 4.78 is 24.6. The summed E-state index contributed by atoms with van der Waals surface area (Å²) in [6.45, 7) is 1.81. The molecular weight excluding hydrogens is 252 g/mol. The van der Waals surface area contributed by atoms with Crippen molar-refractivity contribution < 1.29 is 13.5 Å². The second kappa shape index (κ2) is 4.81. The number of hydrogen-bond acceptors (Lipinski definition) is 4. The maximum atomic E-state index is 11.8. The highest BCUT2D eigenvalue weighted by Gasteiger charge is 2.13. The lowest BCUT2D eigenvalue weighted by molar-refractivity contribution is 0.475. The van der Waals surface area contributed by atoms with E-state index < -0.39 is 10.0 Å². The number of aromatic nitrogens is 2. The molecule has 0 unspecified atom stereocenters. The van der Waals surface area contributed by atoms with Crippen LogP contribution in [0.5, 0.6) is 5.75 Å². The summed E-state index contributed by atoms with van der Waals surface area (Å²) >= 11 is 0. The van der Waals surface area contributed by atoms with Gasteiger partial charge in [0.2, 0.25) is 0 Å². The van der Waals surface area contributed by atoms with Crippen LogP contribution in [0, 0.1) is 0 Å². The van der Waals surface area contributed by atoms with Gasteiger partial charge in [-0.25, -0.2) is 8.42 Å². The number of nitrogens with zero attached hydrogens (tertiary/aromatic N) is 2. The average Bonchev–Trinajstić information content (AvgIpc) is 2.80. The van der Waals surface area contributed by atoms with Crippen LogP contribution in [0.2, 0.25) is 0 Å². The third-order valence-corrected chi connectivity index (χ3v) is 4.17. The zero-order valence-corrected chi connectivity index (χ0v) is 10.8. The fourth-order valence-electron chi connectivity index (χ4n) is 1.60. The van der Waals surface area contributed by atoms with Gasteiger partial charge in [-0.3, -0.25) is 0 Å². The van der Waals surface area contributed by atoms with Gasteiger partial charge in [-0.1, -0.05) is 6.92 Å². The standard InChI is InChI=1S/C12H14N2O3S/c1-2-9-18(16,17)14-8-7-12(13-14)10-3-5-11(15)6-4-10/h3-8,15H,2,9H2,1H3. The highest BCUT2D eigenvalue weighted by molar-refractivity contribution is 7.89. The van der Waals surface area contributed by atoms with Gasteiger partial charge in [0.25, 0.3) is 10.0 Å². The van der Waals surface area contributed by atoms with E-state index >= 15 is 0 Å². The Morgan fingerprint density at radius 3 is 2.50 bits per heavy atom. The topological polar surface area (TPSA) is 72.2 Å². The van der Waals surface area contributed by atoms with Gasteiger partial charge >= 0.3 is 0 Å². The summed E-state index contributed by atoms with van der Waals surface area (Å²) in [7, 11) is -3.35. The molecule has 0 radical (unpaired) electrons. The van der Waals surface area contributed by atoms with E-state index in [1.807, 2.05) is 6.92 Å². The fourth-order valence-corrected chi connectivity index (χ4v) is 2.76. The molecule has 2 rings (SSSR count). The molecule has 1 N–H and O–H groups in total. The minimum atomic E-state index is -3.35. The molecule has 0 bridgehead atoms. The number of phenols is 1. The Hall–Kier alpha value is -1.82. The Labute approximate surface area is 106 Å². The average molecular weight is 266 g/mol. The first-order valence-electron chi connectivity index (χ1n) is 5.61. The van der Waals surface area contributed by atoms with Gasteiger partial charge in [0.05, 0.1) is 11.4 Å². The molecule has 1 heterocycles. The van der Waals surface area contributed by atoms with E-state index in [1.54, 1.807) is 18.2 Å². The Morgan fingerprint density at radius 1 is 1.22 bits per heavy atom. The number of benzene rings is 1. The van der Waals surface area contributed by atoms with Gasteiger partial charge in [-0.15, -0.1) is 0 Å². The molecular formula is C12H14N2O3S. The first kappa shape index (κ1) is 12.6. The number of rotatable bonds is 4. The zero-order chi connectivity index (χ0) is 13.2. The van der Waals surface area contributed by atoms with Gasteiger partial charge in [-0.05, 0) is 36.8 Å². The van der Waals surface area contributed by atoms with Gasteiger partial charge in [0.1, 0.15) is 5.75 Å². The van der Waals surface area contributed by atoms with Crippen LogP contribution in [0.3, 0.4) is 0 Å². The fraction of sp³-hybridized carbons (Fsp3) is 0.250. The van der Waals surface area contributed by atoms with Crippen molar-refractivity contribution in [2.24, 2.45) is 0 Å². The lowest BCUT2D eigenvalue weighted by Crippen LogP contribution is -2.16.